The number of thiophene rings is 1. The van der Waals surface area contributed by atoms with E-state index in [-0.39, 0.29) is 12.6 Å². The molecule has 0 aliphatic rings. The maximum absolute atomic E-state index is 12.5. The minimum Gasteiger partial charge on any atom is -0.375 e. The Kier molecular flexibility index (Phi) is 5.39. The van der Waals surface area contributed by atoms with Crippen molar-refractivity contribution < 1.29 is 13.2 Å². The van der Waals surface area contributed by atoms with Gasteiger partial charge in [-0.25, -0.2) is 13.1 Å². The zero-order valence-electron chi connectivity index (χ0n) is 13.2. The van der Waals surface area contributed by atoms with Crippen molar-refractivity contribution in [2.24, 2.45) is 0 Å². The molecule has 0 amide bonds. The molecule has 1 heterocycles. The van der Waals surface area contributed by atoms with E-state index >= 15 is 0 Å². The molecule has 1 aromatic heterocycles. The summed E-state index contributed by atoms with van der Waals surface area (Å²) in [6.07, 6.45) is -0.284. The average molecular weight is 339 g/mol. The van der Waals surface area contributed by atoms with Gasteiger partial charge in [0.1, 0.15) is 0 Å². The molecule has 2 aromatic rings. The smallest absolute Gasteiger partial charge is 0.240 e. The molecule has 0 unspecified atom stereocenters. The maximum Gasteiger partial charge on any atom is 0.240 e. The second-order valence-electron chi connectivity index (χ2n) is 5.33. The topological polar surface area (TPSA) is 55.4 Å². The van der Waals surface area contributed by atoms with Crippen LogP contribution in [0.25, 0.3) is 0 Å². The van der Waals surface area contributed by atoms with E-state index in [0.29, 0.717) is 4.90 Å². The average Bonchev–Trinajstić information content (AvgIpc) is 2.97. The van der Waals surface area contributed by atoms with Crippen LogP contribution in [-0.4, -0.2) is 22.1 Å². The van der Waals surface area contributed by atoms with Gasteiger partial charge < -0.3 is 4.74 Å². The molecule has 1 N–H and O–H groups in total. The number of rotatable bonds is 6. The fourth-order valence-electron chi connectivity index (χ4n) is 2.28. The van der Waals surface area contributed by atoms with Crippen LogP contribution in [0.1, 0.15) is 28.4 Å². The predicted octanol–water partition coefficient (Wildman–Crippen LogP) is 3.34. The van der Waals surface area contributed by atoms with Gasteiger partial charge in [0.05, 0.1) is 11.0 Å². The van der Waals surface area contributed by atoms with Crippen molar-refractivity contribution in [3.8, 4) is 0 Å². The summed E-state index contributed by atoms with van der Waals surface area (Å²) in [6.45, 7) is 5.91. The van der Waals surface area contributed by atoms with Crippen LogP contribution in [0.3, 0.4) is 0 Å². The van der Waals surface area contributed by atoms with Crippen LogP contribution < -0.4 is 4.72 Å². The van der Waals surface area contributed by atoms with Crippen molar-refractivity contribution in [2.75, 3.05) is 13.7 Å². The molecule has 0 spiro atoms. The van der Waals surface area contributed by atoms with E-state index in [9.17, 15) is 8.42 Å². The van der Waals surface area contributed by atoms with Crippen molar-refractivity contribution in [1.82, 2.24) is 4.72 Å². The summed E-state index contributed by atoms with van der Waals surface area (Å²) in [7, 11) is -1.97. The van der Waals surface area contributed by atoms with Crippen LogP contribution in [0.4, 0.5) is 0 Å². The molecule has 0 aliphatic heterocycles. The standard InChI is InChI=1S/C16H21NO3S2/c1-11-7-13(3)16(8-12(11)2)22(18,19)17-9-15(20-4)14-5-6-21-10-14/h5-8,10,15,17H,9H2,1-4H3/t15-/m1/s1. The molecule has 2 rings (SSSR count). The summed E-state index contributed by atoms with van der Waals surface area (Å²) < 4.78 is 33.1. The number of benzene rings is 1. The van der Waals surface area contributed by atoms with E-state index in [1.807, 2.05) is 43.7 Å². The van der Waals surface area contributed by atoms with Crippen molar-refractivity contribution in [2.45, 2.75) is 31.8 Å². The van der Waals surface area contributed by atoms with Gasteiger partial charge >= 0.3 is 0 Å². The highest BCUT2D eigenvalue weighted by Gasteiger charge is 2.20. The SMILES string of the molecule is CO[C@H](CNS(=O)(=O)c1cc(C)c(C)cc1C)c1ccsc1. The number of aryl methyl sites for hydroxylation is 3. The minimum absolute atomic E-state index is 0.210. The molecule has 6 heteroatoms. The van der Waals surface area contributed by atoms with Gasteiger partial charge in [-0.2, -0.15) is 11.3 Å². The molecule has 4 nitrogen and oxygen atoms in total. The van der Waals surface area contributed by atoms with Gasteiger partial charge in [-0.3, -0.25) is 0 Å². The molecule has 22 heavy (non-hydrogen) atoms. The highest BCUT2D eigenvalue weighted by atomic mass is 32.2. The van der Waals surface area contributed by atoms with Gasteiger partial charge in [0.15, 0.2) is 0 Å². The fourth-order valence-corrected chi connectivity index (χ4v) is 4.32. The number of nitrogens with one attached hydrogen (secondary N) is 1. The second kappa shape index (κ2) is 6.91. The van der Waals surface area contributed by atoms with E-state index < -0.39 is 10.0 Å². The summed E-state index contributed by atoms with van der Waals surface area (Å²) in [5.41, 5.74) is 3.78. The van der Waals surface area contributed by atoms with Crippen LogP contribution in [0.5, 0.6) is 0 Å². The van der Waals surface area contributed by atoms with E-state index in [1.165, 1.54) is 0 Å². The normalized spacial score (nSPS) is 13.3. The second-order valence-corrected chi connectivity index (χ2v) is 7.85. The molecule has 0 fully saturated rings. The summed E-state index contributed by atoms with van der Waals surface area (Å²) in [5, 5.41) is 3.91. The molecule has 120 valence electrons. The predicted molar refractivity (Wildman–Crippen MR) is 89.9 cm³/mol. The largest absolute Gasteiger partial charge is 0.375 e. The number of hydrogen-bond acceptors (Lipinski definition) is 4. The number of methoxy groups -OCH3 is 1. The fraction of sp³-hybridized carbons (Fsp3) is 0.375. The first-order chi connectivity index (χ1) is 10.3. The molecule has 0 radical (unpaired) electrons. The van der Waals surface area contributed by atoms with Crippen LogP contribution in [0.15, 0.2) is 33.9 Å². The van der Waals surface area contributed by atoms with Crippen LogP contribution in [0, 0.1) is 20.8 Å². The third kappa shape index (κ3) is 3.76. The van der Waals surface area contributed by atoms with Crippen molar-refractivity contribution in [3.63, 3.8) is 0 Å². The Balaban J connectivity index is 2.19. The van der Waals surface area contributed by atoms with Gasteiger partial charge in [0.2, 0.25) is 10.0 Å². The lowest BCUT2D eigenvalue weighted by Gasteiger charge is -2.16. The zero-order chi connectivity index (χ0) is 16.3. The minimum atomic E-state index is -3.55. The quantitative estimate of drug-likeness (QED) is 0.878. The Morgan fingerprint density at radius 1 is 1.18 bits per heavy atom. The van der Waals surface area contributed by atoms with Gasteiger partial charge in [0, 0.05) is 13.7 Å². The van der Waals surface area contributed by atoms with E-state index in [1.54, 1.807) is 24.5 Å². The first-order valence-electron chi connectivity index (χ1n) is 6.97. The third-order valence-corrected chi connectivity index (χ3v) is 6.01. The van der Waals surface area contributed by atoms with Crippen molar-refractivity contribution >= 4 is 21.4 Å². The van der Waals surface area contributed by atoms with E-state index in [2.05, 4.69) is 4.72 Å². The lowest BCUT2D eigenvalue weighted by molar-refractivity contribution is 0.107. The van der Waals surface area contributed by atoms with Gasteiger partial charge in [0.25, 0.3) is 0 Å². The highest BCUT2D eigenvalue weighted by Crippen LogP contribution is 2.22. The molecule has 0 saturated carbocycles. The Bertz CT molecular complexity index is 737. The summed E-state index contributed by atoms with van der Waals surface area (Å²) in [6, 6.07) is 5.56. The van der Waals surface area contributed by atoms with Crippen LogP contribution in [-0.2, 0) is 14.8 Å². The first kappa shape index (κ1) is 17.1. The third-order valence-electron chi connectivity index (χ3n) is 3.74. The van der Waals surface area contributed by atoms with Gasteiger partial charge in [-0.1, -0.05) is 6.07 Å². The Morgan fingerprint density at radius 2 is 1.86 bits per heavy atom. The molecular weight excluding hydrogens is 318 g/mol. The molecule has 0 aliphatic carbocycles. The zero-order valence-corrected chi connectivity index (χ0v) is 14.8. The first-order valence-corrected chi connectivity index (χ1v) is 9.40. The van der Waals surface area contributed by atoms with Crippen LogP contribution >= 0.6 is 11.3 Å². The molecule has 1 aromatic carbocycles. The maximum atomic E-state index is 12.5. The lowest BCUT2D eigenvalue weighted by atomic mass is 10.1. The van der Waals surface area contributed by atoms with Gasteiger partial charge in [-0.15, -0.1) is 0 Å². The molecule has 0 bridgehead atoms. The summed E-state index contributed by atoms with van der Waals surface area (Å²) >= 11 is 1.56. The Hall–Kier alpha value is -1.21. The summed E-state index contributed by atoms with van der Waals surface area (Å²) in [4.78, 5) is 0.329. The lowest BCUT2D eigenvalue weighted by Crippen LogP contribution is -2.29. The molecule has 0 saturated heterocycles. The number of ether oxygens (including phenoxy) is 1. The summed E-state index contributed by atoms with van der Waals surface area (Å²) in [5.74, 6) is 0. The highest BCUT2D eigenvalue weighted by molar-refractivity contribution is 7.89. The number of sulfonamides is 1. The van der Waals surface area contributed by atoms with E-state index in [4.69, 9.17) is 4.74 Å². The monoisotopic (exact) mass is 339 g/mol. The van der Waals surface area contributed by atoms with Crippen molar-refractivity contribution in [3.05, 3.63) is 51.2 Å². The Morgan fingerprint density at radius 3 is 2.45 bits per heavy atom. The number of hydrogen-bond donors (Lipinski definition) is 1. The molecule has 1 atom stereocenters. The van der Waals surface area contributed by atoms with Crippen molar-refractivity contribution in [1.29, 1.82) is 0 Å². The molecular formula is C16H21NO3S2. The van der Waals surface area contributed by atoms with Gasteiger partial charge in [-0.05, 0) is 65.9 Å². The van der Waals surface area contributed by atoms with Crippen LogP contribution in [0.2, 0.25) is 0 Å². The Labute approximate surface area is 136 Å². The van der Waals surface area contributed by atoms with E-state index in [0.717, 1.165) is 22.3 Å².